The van der Waals surface area contributed by atoms with Crippen LogP contribution in [-0.2, 0) is 27.4 Å². The lowest BCUT2D eigenvalue weighted by molar-refractivity contribution is -0.125. The van der Waals surface area contributed by atoms with Crippen molar-refractivity contribution in [1.29, 1.82) is 0 Å². The third-order valence-corrected chi connectivity index (χ3v) is 5.84. The molecule has 1 aliphatic rings. The van der Waals surface area contributed by atoms with E-state index in [1.807, 2.05) is 12.1 Å². The molecule has 0 aliphatic carbocycles. The van der Waals surface area contributed by atoms with E-state index in [2.05, 4.69) is 44.4 Å². The lowest BCUT2D eigenvalue weighted by atomic mass is 9.95. The molecule has 176 valence electrons. The summed E-state index contributed by atoms with van der Waals surface area (Å²) in [7, 11) is 1.73. The summed E-state index contributed by atoms with van der Waals surface area (Å²) in [5.41, 5.74) is 5.78. The van der Waals surface area contributed by atoms with Crippen LogP contribution in [-0.4, -0.2) is 57.1 Å². The Morgan fingerprint density at radius 3 is 2.94 bits per heavy atom. The molecule has 2 aromatic heterocycles. The molecule has 11 heteroatoms. The van der Waals surface area contributed by atoms with Gasteiger partial charge in [-0.15, -0.1) is 0 Å². The van der Waals surface area contributed by atoms with Gasteiger partial charge in [-0.05, 0) is 43.3 Å². The number of nitrogens with one attached hydrogen (secondary N) is 1. The van der Waals surface area contributed by atoms with Gasteiger partial charge in [0.2, 0.25) is 23.5 Å². The fourth-order valence-corrected chi connectivity index (χ4v) is 4.46. The minimum absolute atomic E-state index is 0.0571. The van der Waals surface area contributed by atoms with Crippen LogP contribution in [0.3, 0.4) is 0 Å². The van der Waals surface area contributed by atoms with Crippen LogP contribution in [0.15, 0.2) is 41.1 Å². The molecule has 0 saturated carbocycles. The summed E-state index contributed by atoms with van der Waals surface area (Å²) in [6.45, 7) is 0.953. The molecule has 3 aromatic rings. The number of para-hydroxylation sites is 1. The van der Waals surface area contributed by atoms with Gasteiger partial charge >= 0.3 is 0 Å². The zero-order valence-electron chi connectivity index (χ0n) is 18.3. The molecule has 4 rings (SSSR count). The number of alkyl halides is 1. The zero-order chi connectivity index (χ0) is 23.4. The predicted molar refractivity (Wildman–Crippen MR) is 121 cm³/mol. The molecule has 3 heterocycles. The molecule has 0 radical (unpaired) electrons. The molecule has 1 fully saturated rings. The molecular formula is C22H27ClN6O4. The van der Waals surface area contributed by atoms with Crippen molar-refractivity contribution in [2.24, 2.45) is 11.7 Å². The first-order valence-corrected chi connectivity index (χ1v) is 11.2. The largest absolute Gasteiger partial charge is 0.368 e. The number of nitrogens with two attached hydrogens (primary N) is 1. The molecule has 10 nitrogen and oxygen atoms in total. The fourth-order valence-electron chi connectivity index (χ4n) is 4.08. The number of carbonyl (C=O) groups excluding carboxylic acids is 2. The number of likely N-dealkylation sites (N-methyl/N-ethyl adjacent to an activating group) is 1. The van der Waals surface area contributed by atoms with Crippen molar-refractivity contribution < 1.29 is 18.8 Å². The Labute approximate surface area is 196 Å². The number of nitrogens with zero attached hydrogens (tertiary/aromatic N) is 4. The smallest absolute Gasteiger partial charge is 0.240 e. The van der Waals surface area contributed by atoms with Gasteiger partial charge < -0.3 is 24.9 Å². The van der Waals surface area contributed by atoms with E-state index >= 15 is 0 Å². The van der Waals surface area contributed by atoms with Crippen LogP contribution in [0.4, 0.5) is 0 Å². The third-order valence-electron chi connectivity index (χ3n) is 5.56. The van der Waals surface area contributed by atoms with E-state index in [4.69, 9.17) is 26.6 Å². The van der Waals surface area contributed by atoms with Crippen LogP contribution in [0.5, 0.6) is 0 Å². The summed E-state index contributed by atoms with van der Waals surface area (Å²) in [5.74, 6) is 0.186. The maximum absolute atomic E-state index is 11.8. The molecule has 1 saturated heterocycles. The van der Waals surface area contributed by atoms with Gasteiger partial charge in [-0.3, -0.25) is 14.5 Å². The van der Waals surface area contributed by atoms with E-state index in [1.54, 1.807) is 11.9 Å². The van der Waals surface area contributed by atoms with Gasteiger partial charge in [0, 0.05) is 18.3 Å². The van der Waals surface area contributed by atoms with E-state index in [1.165, 1.54) is 10.9 Å². The molecule has 3 unspecified atom stereocenters. The number of rotatable bonds is 9. The van der Waals surface area contributed by atoms with Crippen LogP contribution in [0.1, 0.15) is 30.7 Å². The van der Waals surface area contributed by atoms with Gasteiger partial charge in [-0.2, -0.15) is 4.98 Å². The predicted octanol–water partition coefficient (Wildman–Crippen LogP) is 1.79. The molecule has 3 atom stereocenters. The number of fused-ring (bicyclic) bond motifs is 1. The minimum atomic E-state index is -0.596. The molecule has 1 aromatic carbocycles. The van der Waals surface area contributed by atoms with Crippen LogP contribution < -0.4 is 11.1 Å². The lowest BCUT2D eigenvalue weighted by Crippen LogP contribution is -2.39. The van der Waals surface area contributed by atoms with E-state index in [-0.39, 0.29) is 31.6 Å². The molecule has 33 heavy (non-hydrogen) atoms. The molecular weight excluding hydrogens is 448 g/mol. The Balaban J connectivity index is 1.35. The van der Waals surface area contributed by atoms with Crippen molar-refractivity contribution in [3.63, 3.8) is 0 Å². The second-order valence-corrected chi connectivity index (χ2v) is 8.85. The highest BCUT2D eigenvalue weighted by Gasteiger charge is 2.32. The van der Waals surface area contributed by atoms with Gasteiger partial charge in [0.15, 0.2) is 0 Å². The average Bonchev–Trinajstić information content (AvgIpc) is 3.39. The summed E-state index contributed by atoms with van der Waals surface area (Å²) >= 11 is 6.41. The summed E-state index contributed by atoms with van der Waals surface area (Å²) in [5, 5.41) is 7.73. The van der Waals surface area contributed by atoms with Crippen molar-refractivity contribution in [1.82, 2.24) is 24.9 Å². The lowest BCUT2D eigenvalue weighted by Gasteiger charge is -2.31. The Hall–Kier alpha value is -2.95. The highest BCUT2D eigenvalue weighted by Crippen LogP contribution is 2.36. The molecule has 0 spiro atoms. The quantitative estimate of drug-likeness (QED) is 0.452. The van der Waals surface area contributed by atoms with E-state index in [9.17, 15) is 9.59 Å². The first-order valence-electron chi connectivity index (χ1n) is 10.8. The Bertz CT molecular complexity index is 1120. The number of hydrogen-bond donors (Lipinski definition) is 2. The summed E-state index contributed by atoms with van der Waals surface area (Å²) in [4.78, 5) is 28.7. The second kappa shape index (κ2) is 10.3. The SMILES string of the molecule is CN(CC(=O)NCC(N)=O)Cc1nc(C2CC(Cn3ccc4ccccc43)CC(Cl)O2)no1. The van der Waals surface area contributed by atoms with Crippen molar-refractivity contribution in [3.05, 3.63) is 48.2 Å². The number of amides is 2. The van der Waals surface area contributed by atoms with Crippen molar-refractivity contribution in [2.45, 2.75) is 37.6 Å². The standard InChI is InChI=1S/C22H27ClN6O4/c1-28(12-20(31)25-10-19(24)30)13-21-26-22(27-33-21)17-8-14(9-18(23)32-17)11-29-7-6-15-4-2-3-5-16(15)29/h2-7,14,17-18H,8-13H2,1H3,(H2,24,30)(H,25,31). The first kappa shape index (κ1) is 23.2. The fraction of sp³-hybridized carbons (Fsp3) is 0.455. The topological polar surface area (TPSA) is 129 Å². The molecule has 1 aliphatic heterocycles. The van der Waals surface area contributed by atoms with E-state index < -0.39 is 11.5 Å². The number of carbonyl (C=O) groups is 2. The summed E-state index contributed by atoms with van der Waals surface area (Å²) in [6.07, 6.45) is 3.19. The Morgan fingerprint density at radius 2 is 2.12 bits per heavy atom. The van der Waals surface area contributed by atoms with Crippen LogP contribution in [0.25, 0.3) is 10.9 Å². The molecule has 0 bridgehead atoms. The van der Waals surface area contributed by atoms with Gasteiger partial charge in [0.1, 0.15) is 11.7 Å². The number of halogens is 1. The number of primary amides is 1. The van der Waals surface area contributed by atoms with Crippen molar-refractivity contribution >= 4 is 34.3 Å². The normalized spacial score (nSPS) is 20.9. The van der Waals surface area contributed by atoms with Gasteiger partial charge in [0.05, 0.1) is 19.6 Å². The van der Waals surface area contributed by atoms with E-state index in [0.717, 1.165) is 19.4 Å². The number of hydrogen-bond acceptors (Lipinski definition) is 7. The Kier molecular flexibility index (Phi) is 7.26. The van der Waals surface area contributed by atoms with Crippen molar-refractivity contribution in [3.8, 4) is 0 Å². The van der Waals surface area contributed by atoms with E-state index in [0.29, 0.717) is 17.6 Å². The second-order valence-electron chi connectivity index (χ2n) is 8.36. The van der Waals surface area contributed by atoms with Gasteiger partial charge in [0.25, 0.3) is 0 Å². The maximum Gasteiger partial charge on any atom is 0.240 e. The molecule has 2 amide bonds. The monoisotopic (exact) mass is 474 g/mol. The number of benzene rings is 1. The maximum atomic E-state index is 11.8. The number of ether oxygens (including phenoxy) is 1. The first-order chi connectivity index (χ1) is 15.9. The Morgan fingerprint density at radius 1 is 1.30 bits per heavy atom. The average molecular weight is 475 g/mol. The summed E-state index contributed by atoms with van der Waals surface area (Å²) in [6, 6.07) is 10.4. The van der Waals surface area contributed by atoms with Crippen LogP contribution in [0, 0.1) is 5.92 Å². The minimum Gasteiger partial charge on any atom is -0.368 e. The molecule has 3 N–H and O–H groups in total. The van der Waals surface area contributed by atoms with Crippen LogP contribution >= 0.6 is 11.6 Å². The summed E-state index contributed by atoms with van der Waals surface area (Å²) < 4.78 is 13.5. The number of aromatic nitrogens is 3. The highest BCUT2D eigenvalue weighted by molar-refractivity contribution is 6.19. The van der Waals surface area contributed by atoms with Crippen LogP contribution in [0.2, 0.25) is 0 Å². The van der Waals surface area contributed by atoms with Gasteiger partial charge in [-0.1, -0.05) is 35.0 Å². The highest BCUT2D eigenvalue weighted by atomic mass is 35.5. The third kappa shape index (κ3) is 6.10. The van der Waals surface area contributed by atoms with Crippen molar-refractivity contribution in [2.75, 3.05) is 20.1 Å². The zero-order valence-corrected chi connectivity index (χ0v) is 19.1. The van der Waals surface area contributed by atoms with Gasteiger partial charge in [-0.25, -0.2) is 0 Å².